The Morgan fingerprint density at radius 1 is 1.44 bits per heavy atom. The van der Waals surface area contributed by atoms with Gasteiger partial charge in [0.15, 0.2) is 0 Å². The number of hydrogen-bond donors (Lipinski definition) is 1. The average Bonchev–Trinajstić information content (AvgIpc) is 2.30. The summed E-state index contributed by atoms with van der Waals surface area (Å²) in [7, 11) is 0. The molecule has 5 heteroatoms. The Labute approximate surface area is 102 Å². The molecular weight excluding hydrogens is 245 g/mol. The summed E-state index contributed by atoms with van der Waals surface area (Å²) < 4.78 is 12.9. The van der Waals surface area contributed by atoms with Gasteiger partial charge in [-0.05, 0) is 18.2 Å². The second-order valence-electron chi connectivity index (χ2n) is 3.43. The lowest BCUT2D eigenvalue weighted by molar-refractivity contribution is -0.115. The van der Waals surface area contributed by atoms with Crippen LogP contribution >= 0.6 is 23.5 Å². The summed E-state index contributed by atoms with van der Waals surface area (Å²) >= 11 is 3.46. The summed E-state index contributed by atoms with van der Waals surface area (Å²) in [5, 5.41) is 2.73. The minimum atomic E-state index is -0.330. The molecule has 2 rings (SSSR count). The lowest BCUT2D eigenvalue weighted by Crippen LogP contribution is -2.30. The fourth-order valence-corrected chi connectivity index (χ4v) is 3.98. The van der Waals surface area contributed by atoms with Gasteiger partial charge in [-0.3, -0.25) is 4.79 Å². The van der Waals surface area contributed by atoms with Gasteiger partial charge in [-0.1, -0.05) is 6.07 Å². The maximum atomic E-state index is 12.9. The first-order chi connectivity index (χ1) is 7.75. The first kappa shape index (κ1) is 11.8. The van der Waals surface area contributed by atoms with Crippen LogP contribution in [0.15, 0.2) is 24.3 Å². The number of carbonyl (C=O) groups excluding carboxylic acids is 1. The molecule has 1 aromatic carbocycles. The quantitative estimate of drug-likeness (QED) is 0.883. The molecule has 0 aliphatic carbocycles. The van der Waals surface area contributed by atoms with Crippen molar-refractivity contribution in [3.05, 3.63) is 30.1 Å². The van der Waals surface area contributed by atoms with Gasteiger partial charge in [-0.25, -0.2) is 4.39 Å². The number of halogens is 1. The Kier molecular flexibility index (Phi) is 4.12. The Balaban J connectivity index is 1.96. The summed E-state index contributed by atoms with van der Waals surface area (Å²) in [6, 6.07) is 5.98. The van der Waals surface area contributed by atoms with Crippen LogP contribution in [0.4, 0.5) is 10.1 Å². The molecule has 1 atom stereocenters. The first-order valence-corrected chi connectivity index (χ1v) is 7.22. The number of amides is 1. The first-order valence-electron chi connectivity index (χ1n) is 5.01. The minimum absolute atomic E-state index is 0.0120. The van der Waals surface area contributed by atoms with Crippen molar-refractivity contribution in [1.82, 2.24) is 0 Å². The van der Waals surface area contributed by atoms with Crippen LogP contribution in [-0.4, -0.2) is 28.4 Å². The zero-order valence-corrected chi connectivity index (χ0v) is 10.2. The van der Waals surface area contributed by atoms with Crippen molar-refractivity contribution in [3.63, 3.8) is 0 Å². The van der Waals surface area contributed by atoms with Crippen LogP contribution in [0, 0.1) is 5.82 Å². The van der Waals surface area contributed by atoms with Crippen LogP contribution in [0.5, 0.6) is 0 Å². The number of hydrogen-bond acceptors (Lipinski definition) is 3. The van der Waals surface area contributed by atoms with E-state index in [-0.39, 0.29) is 17.0 Å². The van der Waals surface area contributed by atoms with E-state index in [1.807, 2.05) is 0 Å². The van der Waals surface area contributed by atoms with Gasteiger partial charge in [0, 0.05) is 22.9 Å². The Morgan fingerprint density at radius 3 is 3.00 bits per heavy atom. The standard InChI is InChI=1S/C11H12FNOS2/c12-8-2-1-3-9(6-8)13-11(14)10-7-15-4-5-16-10/h1-3,6,10H,4-5,7H2,(H,13,14). The maximum absolute atomic E-state index is 12.9. The predicted molar refractivity (Wildman–Crippen MR) is 68.6 cm³/mol. The van der Waals surface area contributed by atoms with E-state index in [1.54, 1.807) is 35.7 Å². The monoisotopic (exact) mass is 257 g/mol. The molecule has 0 aromatic heterocycles. The third kappa shape index (κ3) is 3.15. The van der Waals surface area contributed by atoms with E-state index in [9.17, 15) is 9.18 Å². The van der Waals surface area contributed by atoms with Crippen molar-refractivity contribution in [2.75, 3.05) is 22.6 Å². The van der Waals surface area contributed by atoms with Gasteiger partial charge in [-0.2, -0.15) is 11.8 Å². The highest BCUT2D eigenvalue weighted by atomic mass is 32.2. The zero-order chi connectivity index (χ0) is 11.4. The molecule has 1 N–H and O–H groups in total. The molecule has 1 amide bonds. The topological polar surface area (TPSA) is 29.1 Å². The third-order valence-electron chi connectivity index (χ3n) is 2.20. The molecular formula is C11H12FNOS2. The van der Waals surface area contributed by atoms with Crippen LogP contribution < -0.4 is 5.32 Å². The second-order valence-corrected chi connectivity index (χ2v) is 5.89. The van der Waals surface area contributed by atoms with Crippen LogP contribution in [0.1, 0.15) is 0 Å². The molecule has 86 valence electrons. The van der Waals surface area contributed by atoms with Gasteiger partial charge < -0.3 is 5.32 Å². The van der Waals surface area contributed by atoms with Crippen molar-refractivity contribution in [3.8, 4) is 0 Å². The summed E-state index contributed by atoms with van der Waals surface area (Å²) in [6.45, 7) is 0. The van der Waals surface area contributed by atoms with Crippen molar-refractivity contribution >= 4 is 35.1 Å². The normalized spacial score (nSPS) is 20.4. The molecule has 16 heavy (non-hydrogen) atoms. The summed E-state index contributed by atoms with van der Waals surface area (Å²) in [6.07, 6.45) is 0. The highest BCUT2D eigenvalue weighted by Crippen LogP contribution is 2.25. The fourth-order valence-electron chi connectivity index (χ4n) is 1.43. The number of rotatable bonds is 2. The molecule has 1 aliphatic heterocycles. The molecule has 0 saturated carbocycles. The van der Waals surface area contributed by atoms with Gasteiger partial charge in [0.1, 0.15) is 5.82 Å². The maximum Gasteiger partial charge on any atom is 0.238 e. The zero-order valence-electron chi connectivity index (χ0n) is 8.61. The minimum Gasteiger partial charge on any atom is -0.325 e. The molecule has 1 fully saturated rings. The van der Waals surface area contributed by atoms with Crippen molar-refractivity contribution in [2.45, 2.75) is 5.25 Å². The van der Waals surface area contributed by atoms with Crippen molar-refractivity contribution < 1.29 is 9.18 Å². The van der Waals surface area contributed by atoms with Crippen LogP contribution in [0.25, 0.3) is 0 Å². The number of carbonyl (C=O) groups is 1. The van der Waals surface area contributed by atoms with Crippen molar-refractivity contribution in [1.29, 1.82) is 0 Å². The molecule has 1 heterocycles. The van der Waals surface area contributed by atoms with Crippen LogP contribution in [-0.2, 0) is 4.79 Å². The number of thioether (sulfide) groups is 2. The predicted octanol–water partition coefficient (Wildman–Crippen LogP) is 2.61. The Morgan fingerprint density at radius 2 is 2.31 bits per heavy atom. The average molecular weight is 257 g/mol. The van der Waals surface area contributed by atoms with Gasteiger partial charge in [0.05, 0.1) is 5.25 Å². The SMILES string of the molecule is O=C(Nc1cccc(F)c1)C1CSCCS1. The molecule has 0 spiro atoms. The van der Waals surface area contributed by atoms with Crippen molar-refractivity contribution in [2.24, 2.45) is 0 Å². The highest BCUT2D eigenvalue weighted by molar-refractivity contribution is 8.07. The molecule has 1 aromatic rings. The Hall–Kier alpha value is -0.680. The van der Waals surface area contributed by atoms with Gasteiger partial charge >= 0.3 is 0 Å². The van der Waals surface area contributed by atoms with E-state index in [1.165, 1.54) is 12.1 Å². The van der Waals surface area contributed by atoms with Gasteiger partial charge in [-0.15, -0.1) is 11.8 Å². The molecule has 0 radical (unpaired) electrons. The van der Waals surface area contributed by atoms with E-state index < -0.39 is 0 Å². The number of benzene rings is 1. The molecule has 0 bridgehead atoms. The van der Waals surface area contributed by atoms with Crippen LogP contribution in [0.2, 0.25) is 0 Å². The second kappa shape index (κ2) is 5.59. The number of anilines is 1. The molecule has 1 aliphatic rings. The van der Waals surface area contributed by atoms with E-state index in [0.29, 0.717) is 5.69 Å². The van der Waals surface area contributed by atoms with Gasteiger partial charge in [0.2, 0.25) is 5.91 Å². The lowest BCUT2D eigenvalue weighted by Gasteiger charge is -2.20. The third-order valence-corrected chi connectivity index (χ3v) is 4.95. The smallest absolute Gasteiger partial charge is 0.238 e. The number of nitrogens with one attached hydrogen (secondary N) is 1. The highest BCUT2D eigenvalue weighted by Gasteiger charge is 2.22. The largest absolute Gasteiger partial charge is 0.325 e. The molecule has 1 saturated heterocycles. The molecule has 1 unspecified atom stereocenters. The summed E-state index contributed by atoms with van der Waals surface area (Å²) in [5.74, 6) is 2.60. The summed E-state index contributed by atoms with van der Waals surface area (Å²) in [4.78, 5) is 11.8. The van der Waals surface area contributed by atoms with E-state index in [0.717, 1.165) is 17.3 Å². The van der Waals surface area contributed by atoms with Crippen LogP contribution in [0.3, 0.4) is 0 Å². The Bertz CT molecular complexity index is 380. The lowest BCUT2D eigenvalue weighted by atomic mass is 10.3. The molecule has 2 nitrogen and oxygen atoms in total. The van der Waals surface area contributed by atoms with Gasteiger partial charge in [0.25, 0.3) is 0 Å². The fraction of sp³-hybridized carbons (Fsp3) is 0.364. The van der Waals surface area contributed by atoms with E-state index in [2.05, 4.69) is 5.32 Å². The van der Waals surface area contributed by atoms with E-state index >= 15 is 0 Å². The summed E-state index contributed by atoms with van der Waals surface area (Å²) in [5.41, 5.74) is 0.529. The van der Waals surface area contributed by atoms with E-state index in [4.69, 9.17) is 0 Å².